The molecule has 36 heavy (non-hydrogen) atoms. The lowest BCUT2D eigenvalue weighted by atomic mass is 9.91. The van der Waals surface area contributed by atoms with Gasteiger partial charge >= 0.3 is 0 Å². The molecule has 7 heteroatoms. The molecule has 0 saturated heterocycles. The maximum Gasteiger partial charge on any atom is 0.273 e. The van der Waals surface area contributed by atoms with Crippen LogP contribution in [0.5, 0.6) is 0 Å². The third-order valence-electron chi connectivity index (χ3n) is 7.61. The van der Waals surface area contributed by atoms with E-state index < -0.39 is 5.54 Å². The highest BCUT2D eigenvalue weighted by atomic mass is 19.1. The number of nitrogens with zero attached hydrogens (tertiary/aromatic N) is 3. The second-order valence-electron chi connectivity index (χ2n) is 10.2. The van der Waals surface area contributed by atoms with Gasteiger partial charge in [0, 0.05) is 18.2 Å². The summed E-state index contributed by atoms with van der Waals surface area (Å²) in [5.41, 5.74) is 2.76. The molecule has 1 saturated carbocycles. The summed E-state index contributed by atoms with van der Waals surface area (Å²) in [5, 5.41) is 7.95. The first-order chi connectivity index (χ1) is 17.4. The number of rotatable bonds is 6. The molecule has 0 bridgehead atoms. The van der Waals surface area contributed by atoms with E-state index in [1.54, 1.807) is 34.7 Å². The Kier molecular flexibility index (Phi) is 6.65. The Balaban J connectivity index is 1.50. The number of fused-ring (bicyclic) bond motifs is 1. The Hall–Kier alpha value is -3.48. The first-order valence-corrected chi connectivity index (χ1v) is 12.9. The molecule has 0 unspecified atom stereocenters. The number of benzene rings is 2. The number of hydrogen-bond donors (Lipinski definition) is 1. The largest absolute Gasteiger partial charge is 0.351 e. The number of aryl methyl sites for hydroxylation is 1. The van der Waals surface area contributed by atoms with E-state index in [1.807, 2.05) is 12.1 Å². The van der Waals surface area contributed by atoms with Gasteiger partial charge in [-0.3, -0.25) is 14.3 Å². The van der Waals surface area contributed by atoms with E-state index in [9.17, 15) is 14.0 Å². The van der Waals surface area contributed by atoms with Crippen molar-refractivity contribution < 1.29 is 14.0 Å². The van der Waals surface area contributed by atoms with Gasteiger partial charge in [0.05, 0.1) is 12.2 Å². The van der Waals surface area contributed by atoms with Crippen LogP contribution in [0.1, 0.15) is 67.6 Å². The molecule has 2 amide bonds. The van der Waals surface area contributed by atoms with Crippen LogP contribution in [0.3, 0.4) is 0 Å². The number of hydrogen-bond acceptors (Lipinski definition) is 3. The van der Waals surface area contributed by atoms with Crippen molar-refractivity contribution >= 4 is 11.8 Å². The lowest BCUT2D eigenvalue weighted by Crippen LogP contribution is -2.64. The van der Waals surface area contributed by atoms with Gasteiger partial charge < -0.3 is 10.2 Å². The second-order valence-corrected chi connectivity index (χ2v) is 10.2. The van der Waals surface area contributed by atoms with Crippen molar-refractivity contribution in [2.75, 3.05) is 0 Å². The van der Waals surface area contributed by atoms with E-state index in [-0.39, 0.29) is 36.8 Å². The predicted molar refractivity (Wildman–Crippen MR) is 137 cm³/mol. The van der Waals surface area contributed by atoms with E-state index in [1.165, 1.54) is 24.1 Å². The molecule has 1 aliphatic carbocycles. The monoisotopic (exact) mass is 488 g/mol. The molecule has 0 radical (unpaired) electrons. The molecule has 5 rings (SSSR count). The Morgan fingerprint density at radius 2 is 1.83 bits per heavy atom. The number of aromatic nitrogens is 2. The molecule has 1 aliphatic heterocycles. The highest BCUT2D eigenvalue weighted by molar-refractivity contribution is 6.00. The second kappa shape index (κ2) is 9.88. The minimum atomic E-state index is -1.16. The molecule has 1 fully saturated rings. The highest BCUT2D eigenvalue weighted by Gasteiger charge is 2.48. The van der Waals surface area contributed by atoms with Crippen LogP contribution in [0, 0.1) is 5.82 Å². The minimum Gasteiger partial charge on any atom is -0.351 e. The number of halogens is 1. The molecule has 0 spiro atoms. The third kappa shape index (κ3) is 4.66. The average molecular weight is 489 g/mol. The molecule has 1 aromatic heterocycles. The van der Waals surface area contributed by atoms with Gasteiger partial charge in [0.2, 0.25) is 5.91 Å². The van der Waals surface area contributed by atoms with Crippen LogP contribution in [-0.4, -0.2) is 38.1 Å². The predicted octanol–water partition coefficient (Wildman–Crippen LogP) is 5.12. The van der Waals surface area contributed by atoms with Crippen LogP contribution < -0.4 is 5.32 Å². The van der Waals surface area contributed by atoms with Crippen LogP contribution in [-0.2, 0) is 24.3 Å². The summed E-state index contributed by atoms with van der Waals surface area (Å²) in [7, 11) is 0. The average Bonchev–Trinajstić information content (AvgIpc) is 3.31. The van der Waals surface area contributed by atoms with Crippen molar-refractivity contribution in [3.05, 3.63) is 77.2 Å². The van der Waals surface area contributed by atoms with E-state index in [2.05, 4.69) is 24.4 Å². The first-order valence-electron chi connectivity index (χ1n) is 12.9. The maximum absolute atomic E-state index is 14.0. The summed E-state index contributed by atoms with van der Waals surface area (Å²) in [5.74, 6) is -0.835. The van der Waals surface area contributed by atoms with Crippen molar-refractivity contribution in [2.24, 2.45) is 0 Å². The molecule has 3 aromatic rings. The fraction of sp³-hybridized carbons (Fsp3) is 0.414. The lowest BCUT2D eigenvalue weighted by Gasteiger charge is -2.44. The topological polar surface area (TPSA) is 67.2 Å². The Bertz CT molecular complexity index is 1260. The Morgan fingerprint density at radius 3 is 2.53 bits per heavy atom. The zero-order valence-corrected chi connectivity index (χ0v) is 21.0. The van der Waals surface area contributed by atoms with Gasteiger partial charge in [-0.15, -0.1) is 0 Å². The molecular formula is C29H33FN4O2. The van der Waals surface area contributed by atoms with Crippen molar-refractivity contribution in [3.63, 3.8) is 0 Å². The van der Waals surface area contributed by atoms with Crippen LogP contribution >= 0.6 is 0 Å². The lowest BCUT2D eigenvalue weighted by molar-refractivity contribution is -0.134. The van der Waals surface area contributed by atoms with Crippen molar-refractivity contribution in [3.8, 4) is 11.3 Å². The van der Waals surface area contributed by atoms with E-state index in [0.29, 0.717) is 17.0 Å². The zero-order chi connectivity index (χ0) is 25.3. The van der Waals surface area contributed by atoms with Crippen molar-refractivity contribution in [1.29, 1.82) is 0 Å². The van der Waals surface area contributed by atoms with E-state index in [4.69, 9.17) is 5.10 Å². The summed E-state index contributed by atoms with van der Waals surface area (Å²) in [6.07, 6.45) is 6.22. The molecule has 188 valence electrons. The van der Waals surface area contributed by atoms with Gasteiger partial charge in [-0.1, -0.05) is 62.6 Å². The van der Waals surface area contributed by atoms with Gasteiger partial charge in [-0.25, -0.2) is 4.39 Å². The molecule has 1 N–H and O–H groups in total. The summed E-state index contributed by atoms with van der Waals surface area (Å²) in [6.45, 7) is 4.27. The Morgan fingerprint density at radius 1 is 1.08 bits per heavy atom. The van der Waals surface area contributed by atoms with Gasteiger partial charge in [-0.2, -0.15) is 5.10 Å². The van der Waals surface area contributed by atoms with Crippen LogP contribution in [0.4, 0.5) is 4.39 Å². The van der Waals surface area contributed by atoms with Gasteiger partial charge in [0.1, 0.15) is 17.1 Å². The maximum atomic E-state index is 14.0. The number of carbonyl (C=O) groups excluding carboxylic acids is 2. The molecule has 2 heterocycles. The Labute approximate surface area is 211 Å². The van der Waals surface area contributed by atoms with Crippen LogP contribution in [0.15, 0.2) is 54.6 Å². The van der Waals surface area contributed by atoms with Crippen LogP contribution in [0.25, 0.3) is 11.3 Å². The number of amides is 2. The van der Waals surface area contributed by atoms with Gasteiger partial charge in [-0.05, 0) is 55.5 Å². The zero-order valence-electron chi connectivity index (χ0n) is 21.0. The molecule has 6 nitrogen and oxygen atoms in total. The van der Waals surface area contributed by atoms with Gasteiger partial charge in [0.15, 0.2) is 0 Å². The summed E-state index contributed by atoms with van der Waals surface area (Å²) in [6, 6.07) is 16.3. The van der Waals surface area contributed by atoms with Crippen molar-refractivity contribution in [1.82, 2.24) is 20.0 Å². The van der Waals surface area contributed by atoms with Crippen LogP contribution in [0.2, 0.25) is 0 Å². The number of carbonyl (C=O) groups is 2. The standard InChI is InChI=1S/C29H33FN4O2/c1-3-20-12-14-22(15-13-20)25-17-26-27(35)33(18-21-8-7-9-23(30)16-21)29(2,19-34(26)32-25)28(36)31-24-10-5-4-6-11-24/h7-9,12-17,24H,3-6,10-11,18-19H2,1-2H3,(H,31,36)/t29-/m0/s1. The van der Waals surface area contributed by atoms with Gasteiger partial charge in [0.25, 0.3) is 5.91 Å². The highest BCUT2D eigenvalue weighted by Crippen LogP contribution is 2.32. The summed E-state index contributed by atoms with van der Waals surface area (Å²) in [4.78, 5) is 29.2. The smallest absolute Gasteiger partial charge is 0.273 e. The fourth-order valence-corrected chi connectivity index (χ4v) is 5.35. The van der Waals surface area contributed by atoms with E-state index >= 15 is 0 Å². The summed E-state index contributed by atoms with van der Waals surface area (Å²) >= 11 is 0. The molecule has 1 atom stereocenters. The minimum absolute atomic E-state index is 0.112. The molecule has 2 aromatic carbocycles. The first kappa shape index (κ1) is 24.2. The normalized spacial score (nSPS) is 20.3. The SMILES string of the molecule is CCc1ccc(-c2cc3n(n2)C[C@@](C)(C(=O)NC2CCCCC2)N(Cc2cccc(F)c2)C3=O)cc1. The molecular weight excluding hydrogens is 455 g/mol. The third-order valence-corrected chi connectivity index (χ3v) is 7.61. The summed E-state index contributed by atoms with van der Waals surface area (Å²) < 4.78 is 15.6. The number of nitrogens with one attached hydrogen (secondary N) is 1. The van der Waals surface area contributed by atoms with Crippen molar-refractivity contribution in [2.45, 2.75) is 77.0 Å². The molecule has 2 aliphatic rings. The van der Waals surface area contributed by atoms with E-state index in [0.717, 1.165) is 37.7 Å². The quantitative estimate of drug-likeness (QED) is 0.524. The fourth-order valence-electron chi connectivity index (χ4n) is 5.35.